The second-order valence-corrected chi connectivity index (χ2v) is 4.81. The molecule has 0 rings (SSSR count). The summed E-state index contributed by atoms with van der Waals surface area (Å²) >= 11 is 0. The monoisotopic (exact) mass is 231 g/mol. The van der Waals surface area contributed by atoms with E-state index in [4.69, 9.17) is 10.5 Å². The minimum Gasteiger partial charge on any atom is -0.469 e. The van der Waals surface area contributed by atoms with Crippen molar-refractivity contribution in [2.45, 2.75) is 33.2 Å². The Labute approximate surface area is 96.3 Å². The van der Waals surface area contributed by atoms with Gasteiger partial charge in [0.2, 0.25) is 0 Å². The van der Waals surface area contributed by atoms with Gasteiger partial charge in [-0.1, -0.05) is 20.8 Å². The molecule has 0 aliphatic rings. The SMILES string of the molecule is COC(=O)C(C[C@@H](N)C(=O)OC)C(C)(C)C. The minimum absolute atomic E-state index is 0.225. The van der Waals surface area contributed by atoms with Gasteiger partial charge in [0.15, 0.2) is 0 Å². The number of methoxy groups -OCH3 is 2. The Kier molecular flexibility index (Phi) is 5.44. The van der Waals surface area contributed by atoms with E-state index in [-0.39, 0.29) is 17.8 Å². The number of hydrogen-bond acceptors (Lipinski definition) is 5. The van der Waals surface area contributed by atoms with Crippen LogP contribution in [0.15, 0.2) is 0 Å². The Morgan fingerprint density at radius 1 is 1.12 bits per heavy atom. The van der Waals surface area contributed by atoms with Crippen LogP contribution in [-0.2, 0) is 19.1 Å². The second-order valence-electron chi connectivity index (χ2n) is 4.81. The van der Waals surface area contributed by atoms with Gasteiger partial charge >= 0.3 is 11.9 Å². The lowest BCUT2D eigenvalue weighted by Gasteiger charge is -2.29. The lowest BCUT2D eigenvalue weighted by atomic mass is 9.77. The van der Waals surface area contributed by atoms with Gasteiger partial charge in [-0.05, 0) is 11.8 Å². The van der Waals surface area contributed by atoms with Crippen LogP contribution in [0.25, 0.3) is 0 Å². The van der Waals surface area contributed by atoms with E-state index in [0.717, 1.165) is 0 Å². The summed E-state index contributed by atoms with van der Waals surface area (Å²) in [4.78, 5) is 22.8. The Morgan fingerprint density at radius 3 is 1.88 bits per heavy atom. The molecule has 5 nitrogen and oxygen atoms in total. The summed E-state index contributed by atoms with van der Waals surface area (Å²) in [6.45, 7) is 5.70. The summed E-state index contributed by atoms with van der Waals surface area (Å²) in [5, 5.41) is 0. The van der Waals surface area contributed by atoms with Crippen molar-refractivity contribution in [3.63, 3.8) is 0 Å². The van der Waals surface area contributed by atoms with Crippen LogP contribution < -0.4 is 5.73 Å². The van der Waals surface area contributed by atoms with E-state index in [9.17, 15) is 9.59 Å². The fraction of sp³-hybridized carbons (Fsp3) is 0.818. The number of carbonyl (C=O) groups excluding carboxylic acids is 2. The van der Waals surface area contributed by atoms with Crippen molar-refractivity contribution < 1.29 is 19.1 Å². The van der Waals surface area contributed by atoms with Crippen molar-refractivity contribution in [3.8, 4) is 0 Å². The molecule has 0 heterocycles. The van der Waals surface area contributed by atoms with Gasteiger partial charge in [0.1, 0.15) is 6.04 Å². The number of hydrogen-bond donors (Lipinski definition) is 1. The molecule has 0 aliphatic carbocycles. The molecule has 0 aromatic heterocycles. The lowest BCUT2D eigenvalue weighted by molar-refractivity contribution is -0.151. The van der Waals surface area contributed by atoms with Gasteiger partial charge in [0, 0.05) is 0 Å². The standard InChI is InChI=1S/C11H21NO4/c1-11(2,3)7(9(13)15-4)6-8(12)10(14)16-5/h7-8H,6,12H2,1-5H3/t7?,8-/m1/s1. The molecule has 0 aromatic carbocycles. The van der Waals surface area contributed by atoms with E-state index in [0.29, 0.717) is 0 Å². The highest BCUT2D eigenvalue weighted by atomic mass is 16.5. The Hall–Kier alpha value is -1.10. The molecule has 0 radical (unpaired) electrons. The smallest absolute Gasteiger partial charge is 0.322 e. The van der Waals surface area contributed by atoms with Crippen LogP contribution >= 0.6 is 0 Å². The van der Waals surface area contributed by atoms with E-state index in [2.05, 4.69) is 4.74 Å². The summed E-state index contributed by atoms with van der Waals surface area (Å²) in [7, 11) is 2.59. The van der Waals surface area contributed by atoms with Gasteiger partial charge < -0.3 is 15.2 Å². The number of carbonyl (C=O) groups is 2. The third-order valence-corrected chi connectivity index (χ3v) is 2.52. The molecule has 0 amide bonds. The van der Waals surface area contributed by atoms with E-state index in [1.807, 2.05) is 20.8 Å². The first-order chi connectivity index (χ1) is 7.23. The first kappa shape index (κ1) is 14.9. The van der Waals surface area contributed by atoms with Crippen LogP contribution in [0.4, 0.5) is 0 Å². The molecule has 0 aromatic rings. The third-order valence-electron chi connectivity index (χ3n) is 2.52. The van der Waals surface area contributed by atoms with E-state index in [1.165, 1.54) is 14.2 Å². The molecular formula is C11H21NO4. The Bertz CT molecular complexity index is 257. The number of rotatable bonds is 4. The van der Waals surface area contributed by atoms with Gasteiger partial charge in [-0.15, -0.1) is 0 Å². The quantitative estimate of drug-likeness (QED) is 0.721. The predicted molar refractivity (Wildman–Crippen MR) is 59.6 cm³/mol. The zero-order chi connectivity index (χ0) is 12.9. The van der Waals surface area contributed by atoms with Crippen molar-refractivity contribution in [1.82, 2.24) is 0 Å². The number of esters is 2. The largest absolute Gasteiger partial charge is 0.469 e. The molecular weight excluding hydrogens is 210 g/mol. The highest BCUT2D eigenvalue weighted by Gasteiger charge is 2.35. The predicted octanol–water partition coefficient (Wildman–Crippen LogP) is 0.712. The van der Waals surface area contributed by atoms with Gasteiger partial charge in [-0.2, -0.15) is 0 Å². The normalized spacial score (nSPS) is 15.1. The van der Waals surface area contributed by atoms with Crippen LogP contribution in [0, 0.1) is 11.3 Å². The van der Waals surface area contributed by atoms with Crippen LogP contribution in [-0.4, -0.2) is 32.2 Å². The molecule has 94 valence electrons. The fourth-order valence-electron chi connectivity index (χ4n) is 1.45. The van der Waals surface area contributed by atoms with Gasteiger partial charge in [0.25, 0.3) is 0 Å². The second kappa shape index (κ2) is 5.84. The summed E-state index contributed by atoms with van der Waals surface area (Å²) in [6, 6.07) is -0.798. The number of ether oxygens (including phenoxy) is 2. The van der Waals surface area contributed by atoms with Crippen molar-refractivity contribution in [2.24, 2.45) is 17.1 Å². The minimum atomic E-state index is -0.798. The molecule has 0 saturated carbocycles. The molecule has 5 heteroatoms. The maximum atomic E-state index is 11.6. The molecule has 0 fully saturated rings. The maximum Gasteiger partial charge on any atom is 0.322 e. The molecule has 0 bridgehead atoms. The Balaban J connectivity index is 4.69. The zero-order valence-corrected chi connectivity index (χ0v) is 10.6. The average Bonchev–Trinajstić information content (AvgIpc) is 2.21. The van der Waals surface area contributed by atoms with Gasteiger partial charge in [0.05, 0.1) is 20.1 Å². The van der Waals surface area contributed by atoms with Crippen molar-refractivity contribution in [2.75, 3.05) is 14.2 Å². The molecule has 16 heavy (non-hydrogen) atoms. The molecule has 2 N–H and O–H groups in total. The number of nitrogens with two attached hydrogens (primary N) is 1. The summed E-state index contributed by atoms with van der Waals surface area (Å²) in [5.41, 5.74) is 5.33. The maximum absolute atomic E-state index is 11.6. The van der Waals surface area contributed by atoms with Crippen LogP contribution in [0.1, 0.15) is 27.2 Å². The lowest BCUT2D eigenvalue weighted by Crippen LogP contribution is -2.40. The topological polar surface area (TPSA) is 78.6 Å². The first-order valence-corrected chi connectivity index (χ1v) is 5.15. The summed E-state index contributed by atoms with van der Waals surface area (Å²) in [6.07, 6.45) is 0.225. The highest BCUT2D eigenvalue weighted by Crippen LogP contribution is 2.30. The summed E-state index contributed by atoms with van der Waals surface area (Å²) in [5.74, 6) is -1.29. The molecule has 0 spiro atoms. The van der Waals surface area contributed by atoms with Crippen LogP contribution in [0.5, 0.6) is 0 Å². The Morgan fingerprint density at radius 2 is 1.56 bits per heavy atom. The van der Waals surface area contributed by atoms with Crippen molar-refractivity contribution in [1.29, 1.82) is 0 Å². The van der Waals surface area contributed by atoms with Gasteiger partial charge in [-0.3, -0.25) is 9.59 Å². The molecule has 1 unspecified atom stereocenters. The average molecular weight is 231 g/mol. The third kappa shape index (κ3) is 4.18. The zero-order valence-electron chi connectivity index (χ0n) is 10.6. The summed E-state index contributed by atoms with van der Waals surface area (Å²) < 4.78 is 9.23. The van der Waals surface area contributed by atoms with E-state index in [1.54, 1.807) is 0 Å². The highest BCUT2D eigenvalue weighted by molar-refractivity contribution is 5.78. The molecule has 2 atom stereocenters. The van der Waals surface area contributed by atoms with Crippen molar-refractivity contribution in [3.05, 3.63) is 0 Å². The molecule has 0 saturated heterocycles. The fourth-order valence-corrected chi connectivity index (χ4v) is 1.45. The van der Waals surface area contributed by atoms with Crippen LogP contribution in [0.3, 0.4) is 0 Å². The molecule has 0 aliphatic heterocycles. The van der Waals surface area contributed by atoms with Gasteiger partial charge in [-0.25, -0.2) is 0 Å². The van der Waals surface area contributed by atoms with Crippen molar-refractivity contribution >= 4 is 11.9 Å². The van der Waals surface area contributed by atoms with E-state index < -0.39 is 17.9 Å². The van der Waals surface area contributed by atoms with Crippen LogP contribution in [0.2, 0.25) is 0 Å². The van der Waals surface area contributed by atoms with E-state index >= 15 is 0 Å². The first-order valence-electron chi connectivity index (χ1n) is 5.15.